The summed E-state index contributed by atoms with van der Waals surface area (Å²) in [7, 11) is 0. The van der Waals surface area contributed by atoms with E-state index in [0.717, 1.165) is 14.6 Å². The number of hydrogen-bond acceptors (Lipinski definition) is 5. The molecular weight excluding hydrogens is 522 g/mol. The van der Waals surface area contributed by atoms with Crippen molar-refractivity contribution in [3.8, 4) is 22.8 Å². The average Bonchev–Trinajstić information content (AvgIpc) is 3.25. The van der Waals surface area contributed by atoms with E-state index in [1.165, 1.54) is 0 Å². The van der Waals surface area contributed by atoms with E-state index in [9.17, 15) is 9.59 Å². The molecule has 1 aliphatic heterocycles. The number of benzene rings is 3. The Morgan fingerprint density at radius 1 is 0.941 bits per heavy atom. The van der Waals surface area contributed by atoms with Gasteiger partial charge in [-0.1, -0.05) is 48.0 Å². The van der Waals surface area contributed by atoms with Crippen LogP contribution in [0.5, 0.6) is 5.75 Å². The number of aromatic nitrogens is 1. The molecule has 2 aliphatic rings. The standard InChI is InChI=1S/C26H15BrClNO5/c27-19-7-3-4-8-20(19)32-21-13-18-22-24(17-6-2-1-5-16(17)23(18)33-21)34-26(31)29(25(22)30)15-11-9-14(28)10-12-15/h1-13,18,23H. The monoisotopic (exact) mass is 535 g/mol. The first-order valence-electron chi connectivity index (χ1n) is 10.5. The third kappa shape index (κ3) is 3.31. The maximum Gasteiger partial charge on any atom is 0.426 e. The minimum absolute atomic E-state index is 0.249. The summed E-state index contributed by atoms with van der Waals surface area (Å²) in [5.41, 5.74) is 1.69. The third-order valence-electron chi connectivity index (χ3n) is 5.91. The molecule has 0 spiro atoms. The van der Waals surface area contributed by atoms with Crippen LogP contribution in [0.25, 0.3) is 17.0 Å². The number of halogens is 2. The number of hydrogen-bond donors (Lipinski definition) is 0. The van der Waals surface area contributed by atoms with E-state index in [2.05, 4.69) is 15.9 Å². The summed E-state index contributed by atoms with van der Waals surface area (Å²) in [6.45, 7) is 0. The Balaban J connectivity index is 1.54. The predicted molar refractivity (Wildman–Crippen MR) is 130 cm³/mol. The summed E-state index contributed by atoms with van der Waals surface area (Å²) in [5, 5.41) is 0.495. The Morgan fingerprint density at radius 3 is 2.47 bits per heavy atom. The van der Waals surface area contributed by atoms with Crippen molar-refractivity contribution in [2.45, 2.75) is 12.0 Å². The molecule has 2 unspecified atom stereocenters. The SMILES string of the molecule is O=c1oc2c(c(=O)n1-c1ccc(Cl)cc1)C1C=C(Oc3ccccc3Br)OC1c1ccccc1-2. The van der Waals surface area contributed by atoms with Crippen LogP contribution in [0.15, 0.2) is 103 Å². The molecule has 0 amide bonds. The molecule has 168 valence electrons. The Kier molecular flexibility index (Phi) is 4.97. The average molecular weight is 537 g/mol. The third-order valence-corrected chi connectivity index (χ3v) is 6.82. The highest BCUT2D eigenvalue weighted by Crippen LogP contribution is 2.51. The highest BCUT2D eigenvalue weighted by Gasteiger charge is 2.43. The van der Waals surface area contributed by atoms with Gasteiger partial charge in [-0.15, -0.1) is 0 Å². The van der Waals surface area contributed by atoms with E-state index in [1.54, 1.807) is 30.3 Å². The molecule has 0 saturated heterocycles. The second-order valence-electron chi connectivity index (χ2n) is 7.90. The van der Waals surface area contributed by atoms with Gasteiger partial charge in [-0.25, -0.2) is 9.36 Å². The summed E-state index contributed by atoms with van der Waals surface area (Å²) in [4.78, 5) is 26.7. The van der Waals surface area contributed by atoms with Crippen molar-refractivity contribution in [2.24, 2.45) is 0 Å². The van der Waals surface area contributed by atoms with E-state index in [4.69, 9.17) is 25.5 Å². The fraction of sp³-hybridized carbons (Fsp3) is 0.0769. The molecule has 34 heavy (non-hydrogen) atoms. The van der Waals surface area contributed by atoms with Gasteiger partial charge in [0.25, 0.3) is 11.5 Å². The summed E-state index contributed by atoms with van der Waals surface area (Å²) >= 11 is 9.46. The molecule has 0 fully saturated rings. The van der Waals surface area contributed by atoms with Gasteiger partial charge >= 0.3 is 5.76 Å². The van der Waals surface area contributed by atoms with Crippen molar-refractivity contribution in [1.82, 2.24) is 4.57 Å². The molecule has 3 aromatic carbocycles. The van der Waals surface area contributed by atoms with E-state index >= 15 is 0 Å². The summed E-state index contributed by atoms with van der Waals surface area (Å²) < 4.78 is 19.7. The highest BCUT2D eigenvalue weighted by atomic mass is 79.9. The van der Waals surface area contributed by atoms with Gasteiger partial charge in [-0.3, -0.25) is 4.79 Å². The lowest BCUT2D eigenvalue weighted by Crippen LogP contribution is -2.36. The summed E-state index contributed by atoms with van der Waals surface area (Å²) in [6, 6.07) is 21.3. The van der Waals surface area contributed by atoms with E-state index in [0.29, 0.717) is 27.6 Å². The molecule has 6 nitrogen and oxygen atoms in total. The first-order chi connectivity index (χ1) is 16.5. The smallest absolute Gasteiger partial charge is 0.426 e. The van der Waals surface area contributed by atoms with Crippen molar-refractivity contribution < 1.29 is 13.9 Å². The fourth-order valence-electron chi connectivity index (χ4n) is 4.40. The van der Waals surface area contributed by atoms with Gasteiger partial charge in [0.15, 0.2) is 0 Å². The van der Waals surface area contributed by atoms with Crippen LogP contribution in [0.2, 0.25) is 5.02 Å². The number of ether oxygens (including phenoxy) is 2. The lowest BCUT2D eigenvalue weighted by molar-refractivity contribution is 0.0596. The van der Waals surface area contributed by atoms with E-state index < -0.39 is 23.3 Å². The summed E-state index contributed by atoms with van der Waals surface area (Å²) in [6.07, 6.45) is 1.26. The van der Waals surface area contributed by atoms with Crippen molar-refractivity contribution in [3.05, 3.63) is 126 Å². The Labute approximate surface area is 206 Å². The highest BCUT2D eigenvalue weighted by molar-refractivity contribution is 9.10. The molecule has 8 heteroatoms. The van der Waals surface area contributed by atoms with Gasteiger partial charge in [-0.2, -0.15) is 0 Å². The van der Waals surface area contributed by atoms with Crippen molar-refractivity contribution in [1.29, 1.82) is 0 Å². The van der Waals surface area contributed by atoms with E-state index in [1.807, 2.05) is 48.5 Å². The number of fused-ring (bicyclic) bond motifs is 6. The molecule has 1 aromatic heterocycles. The zero-order valence-corrected chi connectivity index (χ0v) is 19.7. The van der Waals surface area contributed by atoms with Crippen LogP contribution >= 0.6 is 27.5 Å². The first-order valence-corrected chi connectivity index (χ1v) is 11.6. The second kappa shape index (κ2) is 8.04. The minimum Gasteiger partial charge on any atom is -0.456 e. The van der Waals surface area contributed by atoms with Gasteiger partial charge < -0.3 is 13.9 Å². The van der Waals surface area contributed by atoms with Gasteiger partial charge in [0.1, 0.15) is 17.6 Å². The topological polar surface area (TPSA) is 70.7 Å². The largest absolute Gasteiger partial charge is 0.456 e. The van der Waals surface area contributed by atoms with Crippen LogP contribution in [0, 0.1) is 0 Å². The predicted octanol–water partition coefficient (Wildman–Crippen LogP) is 5.96. The lowest BCUT2D eigenvalue weighted by Gasteiger charge is -2.27. The van der Waals surface area contributed by atoms with Crippen LogP contribution in [0.3, 0.4) is 0 Å². The first kappa shape index (κ1) is 21.0. The van der Waals surface area contributed by atoms with E-state index in [-0.39, 0.29) is 11.7 Å². The van der Waals surface area contributed by atoms with Crippen molar-refractivity contribution in [3.63, 3.8) is 0 Å². The number of nitrogens with zero attached hydrogens (tertiary/aromatic N) is 1. The summed E-state index contributed by atoms with van der Waals surface area (Å²) in [5.74, 6) is -0.170. The quantitative estimate of drug-likeness (QED) is 0.323. The number of para-hydroxylation sites is 1. The normalized spacial score (nSPS) is 17.8. The molecule has 6 rings (SSSR count). The van der Waals surface area contributed by atoms with Crippen LogP contribution < -0.4 is 16.1 Å². The molecule has 2 heterocycles. The van der Waals surface area contributed by atoms with Gasteiger partial charge in [-0.05, 0) is 52.3 Å². The molecule has 4 aromatic rings. The zero-order chi connectivity index (χ0) is 23.4. The van der Waals surface area contributed by atoms with Crippen LogP contribution in [0.1, 0.15) is 23.1 Å². The van der Waals surface area contributed by atoms with Crippen molar-refractivity contribution in [2.75, 3.05) is 0 Å². The maximum atomic E-state index is 13.7. The molecule has 1 aliphatic carbocycles. The van der Waals surface area contributed by atoms with Crippen LogP contribution in [0.4, 0.5) is 0 Å². The molecule has 0 N–H and O–H groups in total. The van der Waals surface area contributed by atoms with Gasteiger partial charge in [0.2, 0.25) is 0 Å². The Morgan fingerprint density at radius 2 is 1.68 bits per heavy atom. The van der Waals surface area contributed by atoms with Crippen molar-refractivity contribution >= 4 is 27.5 Å². The molecule has 0 saturated carbocycles. The van der Waals surface area contributed by atoms with Crippen LogP contribution in [-0.2, 0) is 4.74 Å². The Hall–Kier alpha value is -3.55. The molecular formula is C26H15BrClNO5. The molecule has 0 bridgehead atoms. The maximum absolute atomic E-state index is 13.7. The van der Waals surface area contributed by atoms with Gasteiger partial charge in [0, 0.05) is 22.2 Å². The minimum atomic E-state index is -0.771. The van der Waals surface area contributed by atoms with Gasteiger partial charge in [0.05, 0.1) is 21.6 Å². The number of rotatable bonds is 3. The fourth-order valence-corrected chi connectivity index (χ4v) is 4.90. The molecule has 0 radical (unpaired) electrons. The Bertz CT molecular complexity index is 1590. The second-order valence-corrected chi connectivity index (χ2v) is 9.19. The molecule has 2 atom stereocenters. The zero-order valence-electron chi connectivity index (χ0n) is 17.4. The lowest BCUT2D eigenvalue weighted by atomic mass is 9.81. The van der Waals surface area contributed by atoms with Crippen LogP contribution in [-0.4, -0.2) is 4.57 Å².